The number of methoxy groups -OCH3 is 1. The summed E-state index contributed by atoms with van der Waals surface area (Å²) in [6.45, 7) is 0.268. The number of hydrogen-bond donors (Lipinski definition) is 0. The molecule has 0 saturated carbocycles. The van der Waals surface area contributed by atoms with Gasteiger partial charge in [0.1, 0.15) is 18.1 Å². The molecule has 1 amide bonds. The highest BCUT2D eigenvalue weighted by Gasteiger charge is 2.19. The van der Waals surface area contributed by atoms with E-state index in [4.69, 9.17) is 9.47 Å². The fraction of sp³-hybridized carbons (Fsp3) is 0.160. The first-order valence-corrected chi connectivity index (χ1v) is 11.3. The van der Waals surface area contributed by atoms with Gasteiger partial charge >= 0.3 is 0 Å². The average Bonchev–Trinajstić information content (AvgIpc) is 3.22. The maximum absolute atomic E-state index is 13.2. The largest absolute Gasteiger partial charge is 0.497 e. The summed E-state index contributed by atoms with van der Waals surface area (Å²) in [5.74, 6) is 2.32. The summed E-state index contributed by atoms with van der Waals surface area (Å²) >= 11 is 1.35. The number of carbonyl (C=O) groups is 1. The molecule has 0 unspecified atom stereocenters. The van der Waals surface area contributed by atoms with Gasteiger partial charge in [0.2, 0.25) is 5.91 Å². The van der Waals surface area contributed by atoms with Gasteiger partial charge in [-0.15, -0.1) is 10.2 Å². The zero-order valence-corrected chi connectivity index (χ0v) is 19.2. The minimum atomic E-state index is -0.0450. The van der Waals surface area contributed by atoms with Crippen molar-refractivity contribution in [2.24, 2.45) is 7.05 Å². The fourth-order valence-corrected chi connectivity index (χ4v) is 3.98. The SMILES string of the molecule is COc1ccc(OCc2nnc(SCC(=O)N(c3ccccc3)c3ccccc3)n2C)cc1. The van der Waals surface area contributed by atoms with Crippen molar-refractivity contribution in [3.05, 3.63) is 90.8 Å². The summed E-state index contributed by atoms with van der Waals surface area (Å²) in [5, 5.41) is 9.11. The summed E-state index contributed by atoms with van der Waals surface area (Å²) in [7, 11) is 3.49. The summed E-state index contributed by atoms with van der Waals surface area (Å²) in [5.41, 5.74) is 1.64. The highest BCUT2D eigenvalue weighted by molar-refractivity contribution is 7.99. The molecule has 0 fully saturated rings. The molecule has 168 valence electrons. The van der Waals surface area contributed by atoms with Crippen LogP contribution in [0.25, 0.3) is 0 Å². The first-order valence-electron chi connectivity index (χ1n) is 10.4. The van der Waals surface area contributed by atoms with E-state index in [0.29, 0.717) is 16.7 Å². The van der Waals surface area contributed by atoms with Crippen LogP contribution in [0, 0.1) is 0 Å². The van der Waals surface area contributed by atoms with Gasteiger partial charge in [-0.2, -0.15) is 0 Å². The fourth-order valence-electron chi connectivity index (χ4n) is 3.20. The van der Waals surface area contributed by atoms with Crippen molar-refractivity contribution >= 4 is 29.0 Å². The molecule has 0 atom stereocenters. The van der Waals surface area contributed by atoms with Gasteiger partial charge in [-0.1, -0.05) is 48.2 Å². The standard InChI is InChI=1S/C25H24N4O3S/c1-28-23(17-32-22-15-13-21(31-2)14-16-22)26-27-25(28)33-18-24(30)29(19-9-5-3-6-10-19)20-11-7-4-8-12-20/h3-16H,17-18H2,1-2H3. The van der Waals surface area contributed by atoms with Crippen LogP contribution >= 0.6 is 11.8 Å². The number of anilines is 2. The monoisotopic (exact) mass is 460 g/mol. The van der Waals surface area contributed by atoms with Crippen LogP contribution in [0.5, 0.6) is 11.5 Å². The van der Waals surface area contributed by atoms with E-state index in [1.54, 1.807) is 12.0 Å². The molecule has 33 heavy (non-hydrogen) atoms. The molecule has 8 heteroatoms. The zero-order chi connectivity index (χ0) is 23.0. The first-order chi connectivity index (χ1) is 16.2. The lowest BCUT2D eigenvalue weighted by atomic mass is 10.2. The van der Waals surface area contributed by atoms with E-state index in [9.17, 15) is 4.79 Å². The van der Waals surface area contributed by atoms with Gasteiger partial charge < -0.3 is 14.0 Å². The molecule has 1 aromatic heterocycles. The van der Waals surface area contributed by atoms with E-state index >= 15 is 0 Å². The van der Waals surface area contributed by atoms with Gasteiger partial charge in [-0.25, -0.2) is 0 Å². The van der Waals surface area contributed by atoms with E-state index in [1.165, 1.54) is 11.8 Å². The highest BCUT2D eigenvalue weighted by Crippen LogP contribution is 2.27. The van der Waals surface area contributed by atoms with Crippen LogP contribution in [0.3, 0.4) is 0 Å². The maximum Gasteiger partial charge on any atom is 0.242 e. The Kier molecular flexibility index (Phi) is 7.26. The van der Waals surface area contributed by atoms with E-state index < -0.39 is 0 Å². The van der Waals surface area contributed by atoms with Crippen LogP contribution in [0.1, 0.15) is 5.82 Å². The molecule has 0 saturated heterocycles. The van der Waals surface area contributed by atoms with Crippen molar-refractivity contribution < 1.29 is 14.3 Å². The van der Waals surface area contributed by atoms with Gasteiger partial charge in [-0.05, 0) is 48.5 Å². The number of ether oxygens (including phenoxy) is 2. The lowest BCUT2D eigenvalue weighted by Gasteiger charge is -2.22. The first kappa shape index (κ1) is 22.4. The normalized spacial score (nSPS) is 10.6. The molecule has 0 aliphatic rings. The minimum Gasteiger partial charge on any atom is -0.497 e. The predicted octanol–water partition coefficient (Wildman–Crippen LogP) is 4.86. The van der Waals surface area contributed by atoms with Crippen LogP contribution in [0.4, 0.5) is 11.4 Å². The number of nitrogens with zero attached hydrogens (tertiary/aromatic N) is 4. The molecule has 0 N–H and O–H groups in total. The van der Waals surface area contributed by atoms with Gasteiger partial charge in [0, 0.05) is 18.4 Å². The van der Waals surface area contributed by atoms with Crippen molar-refractivity contribution in [3.63, 3.8) is 0 Å². The molecular formula is C25H24N4O3S. The third-order valence-electron chi connectivity index (χ3n) is 4.96. The van der Waals surface area contributed by atoms with E-state index in [0.717, 1.165) is 17.1 Å². The van der Waals surface area contributed by atoms with Crippen molar-refractivity contribution in [2.45, 2.75) is 11.8 Å². The summed E-state index contributed by atoms with van der Waals surface area (Å²) in [4.78, 5) is 14.9. The average molecular weight is 461 g/mol. The molecule has 0 spiro atoms. The molecule has 0 aliphatic carbocycles. The number of para-hydroxylation sites is 2. The number of hydrogen-bond acceptors (Lipinski definition) is 6. The third-order valence-corrected chi connectivity index (χ3v) is 5.96. The van der Waals surface area contributed by atoms with Crippen LogP contribution in [0.15, 0.2) is 90.1 Å². The number of thioether (sulfide) groups is 1. The maximum atomic E-state index is 13.2. The lowest BCUT2D eigenvalue weighted by Crippen LogP contribution is -2.27. The lowest BCUT2D eigenvalue weighted by molar-refractivity contribution is -0.115. The molecule has 3 aromatic carbocycles. The van der Waals surface area contributed by atoms with Crippen molar-refractivity contribution in [1.82, 2.24) is 14.8 Å². The van der Waals surface area contributed by atoms with Crippen molar-refractivity contribution in [1.29, 1.82) is 0 Å². The van der Waals surface area contributed by atoms with Crippen LogP contribution in [-0.2, 0) is 18.4 Å². The topological polar surface area (TPSA) is 69.5 Å². The third kappa shape index (κ3) is 5.53. The molecule has 7 nitrogen and oxygen atoms in total. The molecular weight excluding hydrogens is 436 g/mol. The molecule has 0 radical (unpaired) electrons. The van der Waals surface area contributed by atoms with Gasteiger partial charge in [0.25, 0.3) is 0 Å². The summed E-state index contributed by atoms with van der Waals surface area (Å²) in [6.07, 6.45) is 0. The summed E-state index contributed by atoms with van der Waals surface area (Å²) < 4.78 is 12.8. The number of carbonyl (C=O) groups excluding carboxylic acids is 1. The van der Waals surface area contributed by atoms with Crippen LogP contribution in [-0.4, -0.2) is 33.5 Å². The molecule has 4 aromatic rings. The Labute approximate surface area is 197 Å². The van der Waals surface area contributed by atoms with Crippen molar-refractivity contribution in [2.75, 3.05) is 17.8 Å². The van der Waals surface area contributed by atoms with Gasteiger partial charge in [-0.3, -0.25) is 9.69 Å². The Bertz CT molecular complexity index is 1140. The van der Waals surface area contributed by atoms with E-state index in [1.807, 2.05) is 96.5 Å². The summed E-state index contributed by atoms with van der Waals surface area (Å²) in [6, 6.07) is 26.6. The highest BCUT2D eigenvalue weighted by atomic mass is 32.2. The minimum absolute atomic E-state index is 0.0450. The second-order valence-corrected chi connectivity index (χ2v) is 8.05. The Morgan fingerprint density at radius 2 is 1.45 bits per heavy atom. The Morgan fingerprint density at radius 1 is 0.879 bits per heavy atom. The quantitative estimate of drug-likeness (QED) is 0.332. The second-order valence-electron chi connectivity index (χ2n) is 7.11. The number of benzene rings is 3. The molecule has 1 heterocycles. The zero-order valence-electron chi connectivity index (χ0n) is 18.4. The number of amides is 1. The van der Waals surface area contributed by atoms with E-state index in [2.05, 4.69) is 10.2 Å². The smallest absolute Gasteiger partial charge is 0.242 e. The number of rotatable bonds is 9. The van der Waals surface area contributed by atoms with Crippen LogP contribution in [0.2, 0.25) is 0 Å². The Morgan fingerprint density at radius 3 is 2.03 bits per heavy atom. The van der Waals surface area contributed by atoms with Gasteiger partial charge in [0.05, 0.1) is 12.9 Å². The second kappa shape index (κ2) is 10.7. The Hall–Kier alpha value is -3.78. The molecule has 0 aliphatic heterocycles. The number of aromatic nitrogens is 3. The van der Waals surface area contributed by atoms with Crippen molar-refractivity contribution in [3.8, 4) is 11.5 Å². The molecule has 4 rings (SSSR count). The Balaban J connectivity index is 1.41. The van der Waals surface area contributed by atoms with Crippen LogP contribution < -0.4 is 14.4 Å². The predicted molar refractivity (Wildman–Crippen MR) is 129 cm³/mol. The molecule has 0 bridgehead atoms. The van der Waals surface area contributed by atoms with Gasteiger partial charge in [0.15, 0.2) is 11.0 Å². The van der Waals surface area contributed by atoms with E-state index in [-0.39, 0.29) is 18.3 Å².